The van der Waals surface area contributed by atoms with Gasteiger partial charge in [0.2, 0.25) is 0 Å². The summed E-state index contributed by atoms with van der Waals surface area (Å²) in [6, 6.07) is 0. The molecule has 0 aliphatic rings. The zero-order chi connectivity index (χ0) is 17.1. The summed E-state index contributed by atoms with van der Waals surface area (Å²) in [6.45, 7) is 19.1. The van der Waals surface area contributed by atoms with Crippen LogP contribution in [-0.4, -0.2) is 24.9 Å². The van der Waals surface area contributed by atoms with Crippen molar-refractivity contribution in [3.8, 4) is 0 Å². The lowest BCUT2D eigenvalue weighted by atomic mass is 10.1. The van der Waals surface area contributed by atoms with E-state index in [0.717, 1.165) is 4.77 Å². The van der Waals surface area contributed by atoms with Gasteiger partial charge in [-0.3, -0.25) is 0 Å². The second-order valence-corrected chi connectivity index (χ2v) is 18.3. The molecule has 0 saturated carbocycles. The molecule has 0 saturated heterocycles. The molecule has 22 heavy (non-hydrogen) atoms. The highest BCUT2D eigenvalue weighted by Crippen LogP contribution is 2.26. The van der Waals surface area contributed by atoms with Gasteiger partial charge in [-0.1, -0.05) is 66.0 Å². The third-order valence-electron chi connectivity index (χ3n) is 4.13. The second kappa shape index (κ2) is 7.62. The molecule has 2 nitrogen and oxygen atoms in total. The number of hydrogen-bond acceptors (Lipinski definition) is 1. The van der Waals surface area contributed by atoms with E-state index in [1.807, 2.05) is 0 Å². The summed E-state index contributed by atoms with van der Waals surface area (Å²) in [5.41, 5.74) is 3.14. The maximum absolute atomic E-state index is 5.99. The lowest BCUT2D eigenvalue weighted by Crippen LogP contribution is -2.36. The summed E-state index contributed by atoms with van der Waals surface area (Å²) in [5.74, 6) is 0. The van der Waals surface area contributed by atoms with Crippen molar-refractivity contribution in [2.24, 2.45) is 0 Å². The maximum Gasteiger partial charge on any atom is 0.163 e. The van der Waals surface area contributed by atoms with Gasteiger partial charge in [0.1, 0.15) is 0 Å². The molecule has 0 aliphatic carbocycles. The van der Waals surface area contributed by atoms with E-state index in [9.17, 15) is 0 Å². The standard InChI is InChI=1S/C17H36N2SSi2/c1-9-11-13-15-16(14-12-10-2)19(22(6,7)8)17(20)18(15)21(3,4)5/h9-14H2,1-8H3. The van der Waals surface area contributed by atoms with E-state index in [1.54, 1.807) is 11.4 Å². The van der Waals surface area contributed by atoms with Crippen molar-refractivity contribution in [2.75, 3.05) is 0 Å². The van der Waals surface area contributed by atoms with E-state index in [4.69, 9.17) is 12.2 Å². The monoisotopic (exact) mass is 356 g/mol. The van der Waals surface area contributed by atoms with Crippen LogP contribution < -0.4 is 0 Å². The van der Waals surface area contributed by atoms with Crippen LogP contribution in [0.15, 0.2) is 0 Å². The Morgan fingerprint density at radius 2 is 1.05 bits per heavy atom. The van der Waals surface area contributed by atoms with Crippen molar-refractivity contribution in [3.05, 3.63) is 16.2 Å². The molecule has 0 spiro atoms. The molecule has 0 atom stereocenters. The summed E-state index contributed by atoms with van der Waals surface area (Å²) < 4.78 is 6.32. The molecular weight excluding hydrogens is 320 g/mol. The third kappa shape index (κ3) is 4.45. The van der Waals surface area contributed by atoms with Crippen LogP contribution in [0.3, 0.4) is 0 Å². The van der Waals surface area contributed by atoms with Crippen LogP contribution >= 0.6 is 12.2 Å². The van der Waals surface area contributed by atoms with E-state index in [0.29, 0.717) is 0 Å². The topological polar surface area (TPSA) is 9.86 Å². The Labute approximate surface area is 145 Å². The number of aromatic nitrogens is 2. The lowest BCUT2D eigenvalue weighted by molar-refractivity contribution is 0.728. The molecule has 1 aromatic rings. The average molecular weight is 357 g/mol. The molecule has 0 radical (unpaired) electrons. The van der Waals surface area contributed by atoms with Crippen LogP contribution in [0.5, 0.6) is 0 Å². The Morgan fingerprint density at radius 3 is 1.27 bits per heavy atom. The van der Waals surface area contributed by atoms with Crippen LogP contribution in [0.1, 0.15) is 50.9 Å². The van der Waals surface area contributed by atoms with Gasteiger partial charge in [-0.05, 0) is 37.9 Å². The predicted molar refractivity (Wildman–Crippen MR) is 108 cm³/mol. The van der Waals surface area contributed by atoms with Gasteiger partial charge in [0.15, 0.2) is 21.2 Å². The second-order valence-electron chi connectivity index (χ2n) is 8.40. The fourth-order valence-electron chi connectivity index (χ4n) is 3.17. The highest BCUT2D eigenvalue weighted by atomic mass is 32.1. The van der Waals surface area contributed by atoms with Gasteiger partial charge in [-0.2, -0.15) is 0 Å². The van der Waals surface area contributed by atoms with Gasteiger partial charge in [-0.15, -0.1) is 0 Å². The Balaban J connectivity index is 3.63. The lowest BCUT2D eigenvalue weighted by Gasteiger charge is -2.23. The summed E-state index contributed by atoms with van der Waals surface area (Å²) in [6.07, 6.45) is 7.44. The van der Waals surface area contributed by atoms with Crippen molar-refractivity contribution in [1.29, 1.82) is 0 Å². The number of hydrogen-bond donors (Lipinski definition) is 0. The Morgan fingerprint density at radius 1 is 0.727 bits per heavy atom. The molecule has 1 aromatic heterocycles. The summed E-state index contributed by atoms with van der Waals surface area (Å²) in [5, 5.41) is 0. The van der Waals surface area contributed by atoms with Crippen LogP contribution in [-0.2, 0) is 12.8 Å². The molecule has 0 N–H and O–H groups in total. The van der Waals surface area contributed by atoms with Gasteiger partial charge >= 0.3 is 0 Å². The van der Waals surface area contributed by atoms with Gasteiger partial charge in [0, 0.05) is 11.4 Å². The Kier molecular flexibility index (Phi) is 6.90. The van der Waals surface area contributed by atoms with Gasteiger partial charge in [-0.25, -0.2) is 0 Å². The first-order chi connectivity index (χ1) is 10.1. The van der Waals surface area contributed by atoms with Crippen molar-refractivity contribution >= 4 is 28.7 Å². The van der Waals surface area contributed by atoms with Crippen molar-refractivity contribution in [3.63, 3.8) is 0 Å². The van der Waals surface area contributed by atoms with Crippen molar-refractivity contribution < 1.29 is 0 Å². The number of nitrogens with zero attached hydrogens (tertiary/aromatic N) is 2. The highest BCUT2D eigenvalue weighted by molar-refractivity contribution is 7.71. The number of rotatable bonds is 8. The molecule has 0 fully saturated rings. The largest absolute Gasteiger partial charge is 0.349 e. The molecular formula is C17H36N2SSi2. The van der Waals surface area contributed by atoms with Crippen molar-refractivity contribution in [2.45, 2.75) is 91.7 Å². The third-order valence-corrected chi connectivity index (χ3v) is 8.47. The first-order valence-corrected chi connectivity index (χ1v) is 16.2. The summed E-state index contributed by atoms with van der Waals surface area (Å²) in [4.78, 5) is 0. The molecule has 5 heteroatoms. The van der Waals surface area contributed by atoms with Gasteiger partial charge in [0.25, 0.3) is 0 Å². The molecule has 0 aliphatic heterocycles. The van der Waals surface area contributed by atoms with E-state index in [-0.39, 0.29) is 0 Å². The fourth-order valence-corrected chi connectivity index (χ4v) is 8.59. The zero-order valence-electron chi connectivity index (χ0n) is 16.0. The van der Waals surface area contributed by atoms with Crippen molar-refractivity contribution in [1.82, 2.24) is 8.47 Å². The molecule has 1 rings (SSSR count). The molecule has 128 valence electrons. The van der Waals surface area contributed by atoms with Crippen LogP contribution in [0.2, 0.25) is 39.3 Å². The quantitative estimate of drug-likeness (QED) is 0.406. The first kappa shape index (κ1) is 19.9. The minimum absolute atomic E-state index is 1.12. The smallest absolute Gasteiger partial charge is 0.163 e. The Bertz CT molecular complexity index is 498. The normalized spacial score (nSPS) is 12.9. The first-order valence-electron chi connectivity index (χ1n) is 8.92. The minimum Gasteiger partial charge on any atom is -0.349 e. The molecule has 0 aromatic carbocycles. The summed E-state index contributed by atoms with van der Waals surface area (Å²) in [7, 11) is -2.97. The molecule has 0 amide bonds. The van der Waals surface area contributed by atoms with Gasteiger partial charge < -0.3 is 8.47 Å². The van der Waals surface area contributed by atoms with E-state index in [2.05, 4.69) is 61.6 Å². The van der Waals surface area contributed by atoms with E-state index >= 15 is 0 Å². The maximum atomic E-state index is 5.99. The molecule has 0 unspecified atom stereocenters. The van der Waals surface area contributed by atoms with E-state index < -0.39 is 16.5 Å². The molecule has 1 heterocycles. The molecule has 0 bridgehead atoms. The van der Waals surface area contributed by atoms with Gasteiger partial charge in [0.05, 0.1) is 0 Å². The van der Waals surface area contributed by atoms with Crippen LogP contribution in [0, 0.1) is 4.77 Å². The average Bonchev–Trinajstić information content (AvgIpc) is 2.65. The highest BCUT2D eigenvalue weighted by Gasteiger charge is 2.30. The SMILES string of the molecule is CCCCc1c(CCCC)n([Si](C)(C)C)c(=S)n1[Si](C)(C)C. The number of unbranched alkanes of at least 4 members (excludes halogenated alkanes) is 2. The zero-order valence-corrected chi connectivity index (χ0v) is 18.9. The minimum atomic E-state index is -1.49. The number of imidazole rings is 1. The summed E-state index contributed by atoms with van der Waals surface area (Å²) >= 11 is 5.99. The van der Waals surface area contributed by atoms with Crippen LogP contribution in [0.25, 0.3) is 0 Å². The van der Waals surface area contributed by atoms with Crippen LogP contribution in [0.4, 0.5) is 0 Å². The van der Waals surface area contributed by atoms with E-state index in [1.165, 1.54) is 38.5 Å². The predicted octanol–water partition coefficient (Wildman–Crippen LogP) is 6.07. The fraction of sp³-hybridized carbons (Fsp3) is 0.824. The Hall–Kier alpha value is -0.136.